The maximum absolute atomic E-state index is 10.7. The number of anilines is 1. The summed E-state index contributed by atoms with van der Waals surface area (Å²) in [5.41, 5.74) is 9.30. The fourth-order valence-electron chi connectivity index (χ4n) is 3.09. The van der Waals surface area contributed by atoms with Crippen LogP contribution in [0.4, 0.5) is 5.82 Å². The first kappa shape index (κ1) is 25.7. The van der Waals surface area contributed by atoms with E-state index in [-0.39, 0.29) is 24.7 Å². The molecule has 3 heterocycles. The molecular formula is C22H20LiN4O6P. The Kier molecular flexibility index (Phi) is 8.64. The Labute approximate surface area is 207 Å². The van der Waals surface area contributed by atoms with Gasteiger partial charge >= 0.3 is 18.9 Å². The number of phosphoric ester groups is 1. The Morgan fingerprint density at radius 2 is 1.82 bits per heavy atom. The summed E-state index contributed by atoms with van der Waals surface area (Å²) in [6.45, 7) is -0.113. The van der Waals surface area contributed by atoms with E-state index >= 15 is 0 Å². The third-order valence-corrected chi connectivity index (χ3v) is 5.16. The van der Waals surface area contributed by atoms with Crippen LogP contribution in [-0.4, -0.2) is 10.1 Å². The molecule has 170 valence electrons. The zero-order chi connectivity index (χ0) is 23.3. The number of nitrogen functional groups attached to an aromatic ring is 1. The van der Waals surface area contributed by atoms with Gasteiger partial charge in [-0.1, -0.05) is 35.5 Å². The summed E-state index contributed by atoms with van der Waals surface area (Å²) in [4.78, 5) is 25.6. The smallest absolute Gasteiger partial charge is 0.790 e. The van der Waals surface area contributed by atoms with Gasteiger partial charge in [-0.3, -0.25) is 5.73 Å². The van der Waals surface area contributed by atoms with Crippen LogP contribution in [-0.2, 0) is 28.8 Å². The Morgan fingerprint density at radius 1 is 1.06 bits per heavy atom. The normalized spacial score (nSPS) is 11.1. The van der Waals surface area contributed by atoms with Gasteiger partial charge in [0.1, 0.15) is 12.2 Å². The molecule has 0 spiro atoms. The van der Waals surface area contributed by atoms with Crippen LogP contribution in [0.15, 0.2) is 77.6 Å². The molecule has 0 aliphatic rings. The molecule has 1 aromatic carbocycles. The first-order chi connectivity index (χ1) is 15.9. The molecule has 4 rings (SSSR count). The van der Waals surface area contributed by atoms with Gasteiger partial charge in [0.2, 0.25) is 5.88 Å². The monoisotopic (exact) mass is 474 g/mol. The van der Waals surface area contributed by atoms with E-state index in [1.165, 1.54) is 10.8 Å². The van der Waals surface area contributed by atoms with Crippen molar-refractivity contribution in [3.05, 3.63) is 89.9 Å². The van der Waals surface area contributed by atoms with Crippen molar-refractivity contribution >= 4 is 13.6 Å². The van der Waals surface area contributed by atoms with Crippen LogP contribution in [0, 0.1) is 0 Å². The number of rotatable bonds is 9. The predicted octanol–water partition coefficient (Wildman–Crippen LogP) is -1.42. The van der Waals surface area contributed by atoms with Crippen molar-refractivity contribution in [2.75, 3.05) is 5.73 Å². The number of aromatic nitrogens is 3. The van der Waals surface area contributed by atoms with Crippen LogP contribution in [0.5, 0.6) is 5.88 Å². The topological polar surface area (TPSA) is 150 Å². The maximum atomic E-state index is 10.7. The molecular weight excluding hydrogens is 454 g/mol. The van der Waals surface area contributed by atoms with Crippen molar-refractivity contribution in [3.8, 4) is 17.2 Å². The average Bonchev–Trinajstić information content (AvgIpc) is 3.26. The van der Waals surface area contributed by atoms with E-state index in [4.69, 9.17) is 15.0 Å². The number of nitrogens with two attached hydrogens (primary N) is 1. The molecule has 0 aliphatic carbocycles. The minimum atomic E-state index is -5.12. The predicted molar refractivity (Wildman–Crippen MR) is 113 cm³/mol. The molecule has 12 heteroatoms. The van der Waals surface area contributed by atoms with E-state index in [2.05, 4.69) is 14.7 Å². The second-order valence-corrected chi connectivity index (χ2v) is 8.27. The molecule has 3 aromatic heterocycles. The Bertz CT molecular complexity index is 1260. The van der Waals surface area contributed by atoms with E-state index in [1.54, 1.807) is 30.5 Å². The third-order valence-electron chi connectivity index (χ3n) is 4.73. The second-order valence-electron chi connectivity index (χ2n) is 7.11. The van der Waals surface area contributed by atoms with Crippen LogP contribution < -0.4 is 43.7 Å². The number of pyridine rings is 2. The summed E-state index contributed by atoms with van der Waals surface area (Å²) in [5.74, 6) is 1.15. The summed E-state index contributed by atoms with van der Waals surface area (Å²) in [5, 5.41) is 4.09. The number of benzene rings is 1. The number of phosphoric acid groups is 1. The molecule has 10 nitrogen and oxygen atoms in total. The van der Waals surface area contributed by atoms with Gasteiger partial charge in [-0.15, -0.1) is 0 Å². The minimum absolute atomic E-state index is 0. The van der Waals surface area contributed by atoms with E-state index in [0.29, 0.717) is 35.9 Å². The number of nitrogens with zero attached hydrogens (tertiary/aromatic N) is 3. The fraction of sp³-hybridized carbons (Fsp3) is 0.136. The minimum Gasteiger partial charge on any atom is -0.790 e. The van der Waals surface area contributed by atoms with Gasteiger partial charge in [0.15, 0.2) is 12.5 Å². The first-order valence-electron chi connectivity index (χ1n) is 9.89. The molecule has 34 heavy (non-hydrogen) atoms. The summed E-state index contributed by atoms with van der Waals surface area (Å²) in [7, 11) is -5.12. The van der Waals surface area contributed by atoms with Crippen molar-refractivity contribution in [1.82, 2.24) is 10.1 Å². The first-order valence-corrected chi connectivity index (χ1v) is 11.4. The van der Waals surface area contributed by atoms with Crippen molar-refractivity contribution in [1.29, 1.82) is 0 Å². The van der Waals surface area contributed by atoms with Gasteiger partial charge in [0.25, 0.3) is 5.82 Å². The summed E-state index contributed by atoms with van der Waals surface area (Å²) in [6.07, 6.45) is 3.71. The SMILES string of the molecule is Nc1c(-c2cc(Cc3ccc(COc4ccccn4)cc3)no2)ccc[n+]1COP(=O)([O-])[O-].[Li+]. The zero-order valence-corrected chi connectivity index (χ0v) is 19.3. The molecule has 0 radical (unpaired) electrons. The van der Waals surface area contributed by atoms with Crippen LogP contribution in [0.25, 0.3) is 11.3 Å². The molecule has 2 N–H and O–H groups in total. The molecule has 0 bridgehead atoms. The van der Waals surface area contributed by atoms with Gasteiger partial charge in [0, 0.05) is 24.8 Å². The van der Waals surface area contributed by atoms with E-state index in [1.807, 2.05) is 36.4 Å². The van der Waals surface area contributed by atoms with Gasteiger partial charge in [0.05, 0.1) is 19.7 Å². The maximum Gasteiger partial charge on any atom is 1.00 e. The molecule has 0 unspecified atom stereocenters. The molecule has 0 atom stereocenters. The number of ether oxygens (including phenoxy) is 1. The Hall–Kier alpha value is -2.96. The van der Waals surface area contributed by atoms with Gasteiger partial charge in [-0.2, -0.15) is 0 Å². The molecule has 0 fully saturated rings. The van der Waals surface area contributed by atoms with Crippen molar-refractivity contribution in [2.45, 2.75) is 19.8 Å². The van der Waals surface area contributed by atoms with Gasteiger partial charge < -0.3 is 28.1 Å². The molecule has 0 amide bonds. The molecule has 0 saturated heterocycles. The largest absolute Gasteiger partial charge is 1.00 e. The summed E-state index contributed by atoms with van der Waals surface area (Å²) < 4.78 is 27.4. The van der Waals surface area contributed by atoms with Crippen LogP contribution in [0.3, 0.4) is 0 Å². The number of hydrogen-bond donors (Lipinski definition) is 1. The number of hydrogen-bond acceptors (Lipinski definition) is 9. The Balaban J connectivity index is 0.00000324. The van der Waals surface area contributed by atoms with Crippen LogP contribution >= 0.6 is 7.82 Å². The fourth-order valence-corrected chi connectivity index (χ4v) is 3.36. The quantitative estimate of drug-likeness (QED) is 0.175. The van der Waals surface area contributed by atoms with Crippen molar-refractivity contribution < 1.29 is 51.6 Å². The standard InChI is InChI=1S/C22H21N4O6P.Li/c23-22-19(4-3-11-26(22)15-31-33(27,28)29)20-13-18(25-32-20)12-16-6-8-17(9-7-16)14-30-21-5-1-2-10-24-21;/h1-11,13,23H,12,14-15H2,(H2,27,28,29);/q;+1/p-1. The second kappa shape index (κ2) is 11.4. The molecule has 0 saturated carbocycles. The van der Waals surface area contributed by atoms with E-state index in [0.717, 1.165) is 11.1 Å². The molecule has 4 aromatic rings. The summed E-state index contributed by atoms with van der Waals surface area (Å²) >= 11 is 0. The van der Waals surface area contributed by atoms with Gasteiger partial charge in [-0.05, 0) is 29.3 Å². The average molecular weight is 474 g/mol. The van der Waals surface area contributed by atoms with Crippen LogP contribution in [0.1, 0.15) is 16.8 Å². The van der Waals surface area contributed by atoms with E-state index in [9.17, 15) is 14.4 Å². The van der Waals surface area contributed by atoms with Crippen molar-refractivity contribution in [3.63, 3.8) is 0 Å². The van der Waals surface area contributed by atoms with Crippen LogP contribution in [0.2, 0.25) is 0 Å². The zero-order valence-electron chi connectivity index (χ0n) is 18.4. The summed E-state index contributed by atoms with van der Waals surface area (Å²) in [6, 6.07) is 18.5. The third kappa shape index (κ3) is 7.02. The molecule has 0 aliphatic heterocycles. The Morgan fingerprint density at radius 3 is 2.53 bits per heavy atom. The van der Waals surface area contributed by atoms with Gasteiger partial charge in [-0.25, -0.2) is 9.55 Å². The van der Waals surface area contributed by atoms with Crippen molar-refractivity contribution in [2.24, 2.45) is 0 Å². The van der Waals surface area contributed by atoms with E-state index < -0.39 is 14.6 Å².